The highest BCUT2D eigenvalue weighted by Gasteiger charge is 2.36. The summed E-state index contributed by atoms with van der Waals surface area (Å²) in [7, 11) is 1.50. The molecule has 8 nitrogen and oxygen atoms in total. The van der Waals surface area contributed by atoms with E-state index < -0.39 is 16.1 Å². The van der Waals surface area contributed by atoms with E-state index >= 15 is 0 Å². The summed E-state index contributed by atoms with van der Waals surface area (Å²) >= 11 is 6.87. The molecule has 1 aliphatic heterocycles. The van der Waals surface area contributed by atoms with E-state index in [-0.39, 0.29) is 17.2 Å². The number of methoxy groups -OCH3 is 1. The number of rotatable bonds is 9. The summed E-state index contributed by atoms with van der Waals surface area (Å²) < 4.78 is 11.6. The Balaban J connectivity index is 1.61. The molecule has 2 amide bonds. The first kappa shape index (κ1) is 26.0. The van der Waals surface area contributed by atoms with Crippen LogP contribution in [-0.4, -0.2) is 23.2 Å². The molecule has 0 N–H and O–H groups in total. The van der Waals surface area contributed by atoms with Crippen LogP contribution in [0.1, 0.15) is 16.7 Å². The number of benzene rings is 3. The molecular weight excluding hydrogens is 516 g/mol. The first-order chi connectivity index (χ1) is 17.8. The maximum absolute atomic E-state index is 13.0. The highest BCUT2D eigenvalue weighted by molar-refractivity contribution is 8.19. The number of ether oxygens (including phenoxy) is 2. The van der Waals surface area contributed by atoms with Crippen molar-refractivity contribution < 1.29 is 24.0 Å². The smallest absolute Gasteiger partial charge is 0.298 e. The minimum absolute atomic E-state index is 0.00203. The van der Waals surface area contributed by atoms with Crippen molar-refractivity contribution in [1.29, 1.82) is 0 Å². The van der Waals surface area contributed by atoms with Gasteiger partial charge in [0.1, 0.15) is 6.61 Å². The topological polar surface area (TPSA) is 99.0 Å². The average Bonchev–Trinajstić information content (AvgIpc) is 3.15. The number of imide groups is 1. The number of nitro benzene ring substituents is 1. The molecule has 0 aromatic heterocycles. The van der Waals surface area contributed by atoms with Gasteiger partial charge in [0.25, 0.3) is 16.8 Å². The maximum atomic E-state index is 13.0. The van der Waals surface area contributed by atoms with Gasteiger partial charge in [-0.15, -0.1) is 6.58 Å². The molecule has 3 aromatic rings. The Morgan fingerprint density at radius 3 is 2.54 bits per heavy atom. The molecule has 0 spiro atoms. The van der Waals surface area contributed by atoms with E-state index in [0.717, 1.165) is 27.8 Å². The number of hydrogen-bond donors (Lipinski definition) is 0. The SMILES string of the molecule is C=CCc1cc(/C=C2/SC(=O)N(c3cccc(Cl)c3)C2=O)cc(OC)c1OCc1ccc([N+](=O)[O-])cc1. The zero-order chi connectivity index (χ0) is 26.5. The van der Waals surface area contributed by atoms with Crippen molar-refractivity contribution in [3.63, 3.8) is 0 Å². The third kappa shape index (κ3) is 5.84. The van der Waals surface area contributed by atoms with Crippen LogP contribution in [0.15, 0.2) is 78.2 Å². The number of nitrogens with zero attached hydrogens (tertiary/aromatic N) is 2. The summed E-state index contributed by atoms with van der Waals surface area (Å²) in [5, 5.41) is 10.9. The lowest BCUT2D eigenvalue weighted by atomic mass is 10.0. The number of nitro groups is 1. The van der Waals surface area contributed by atoms with E-state index in [1.807, 2.05) is 6.07 Å². The molecule has 1 fully saturated rings. The minimum Gasteiger partial charge on any atom is -0.493 e. The van der Waals surface area contributed by atoms with Crippen LogP contribution >= 0.6 is 23.4 Å². The van der Waals surface area contributed by atoms with Gasteiger partial charge in [0, 0.05) is 22.7 Å². The van der Waals surface area contributed by atoms with Crippen molar-refractivity contribution in [2.75, 3.05) is 12.0 Å². The Bertz CT molecular complexity index is 1420. The first-order valence-electron chi connectivity index (χ1n) is 11.0. The molecular formula is C27H21ClN2O6S. The molecule has 188 valence electrons. The van der Waals surface area contributed by atoms with Crippen LogP contribution in [0.5, 0.6) is 11.5 Å². The summed E-state index contributed by atoms with van der Waals surface area (Å²) in [6.07, 6.45) is 3.80. The third-order valence-electron chi connectivity index (χ3n) is 5.43. The number of non-ortho nitro benzene ring substituents is 1. The van der Waals surface area contributed by atoms with Crippen molar-refractivity contribution in [3.8, 4) is 11.5 Å². The predicted octanol–water partition coefficient (Wildman–Crippen LogP) is 6.81. The molecule has 0 unspecified atom stereocenters. The molecule has 0 atom stereocenters. The highest BCUT2D eigenvalue weighted by atomic mass is 35.5. The second-order valence-corrected chi connectivity index (χ2v) is 9.34. The van der Waals surface area contributed by atoms with Gasteiger partial charge in [-0.1, -0.05) is 23.7 Å². The molecule has 3 aromatic carbocycles. The Kier molecular flexibility index (Phi) is 7.95. The number of anilines is 1. The van der Waals surface area contributed by atoms with Crippen LogP contribution in [-0.2, 0) is 17.8 Å². The fourth-order valence-electron chi connectivity index (χ4n) is 3.72. The van der Waals surface area contributed by atoms with Crippen molar-refractivity contribution in [3.05, 3.63) is 110 Å². The highest BCUT2D eigenvalue weighted by Crippen LogP contribution is 2.39. The molecule has 1 saturated heterocycles. The largest absolute Gasteiger partial charge is 0.493 e. The van der Waals surface area contributed by atoms with E-state index in [9.17, 15) is 19.7 Å². The van der Waals surface area contributed by atoms with E-state index in [2.05, 4.69) is 6.58 Å². The quantitative estimate of drug-likeness (QED) is 0.128. The van der Waals surface area contributed by atoms with Crippen molar-refractivity contribution in [1.82, 2.24) is 0 Å². The third-order valence-corrected chi connectivity index (χ3v) is 6.53. The van der Waals surface area contributed by atoms with Crippen molar-refractivity contribution in [2.24, 2.45) is 0 Å². The van der Waals surface area contributed by atoms with Gasteiger partial charge in [-0.3, -0.25) is 19.7 Å². The van der Waals surface area contributed by atoms with Gasteiger partial charge in [-0.25, -0.2) is 4.90 Å². The summed E-state index contributed by atoms with van der Waals surface area (Å²) in [4.78, 5) is 37.4. The number of thioether (sulfide) groups is 1. The molecule has 0 radical (unpaired) electrons. The number of amides is 2. The van der Waals surface area contributed by atoms with Crippen LogP contribution < -0.4 is 14.4 Å². The number of allylic oxidation sites excluding steroid dienone is 1. The van der Waals surface area contributed by atoms with E-state index in [1.165, 1.54) is 19.2 Å². The fraction of sp³-hybridized carbons (Fsp3) is 0.111. The van der Waals surface area contributed by atoms with Gasteiger partial charge in [0.2, 0.25) is 0 Å². The number of carbonyl (C=O) groups is 2. The second-order valence-electron chi connectivity index (χ2n) is 7.91. The van der Waals surface area contributed by atoms with Crippen LogP contribution in [0.3, 0.4) is 0 Å². The zero-order valence-electron chi connectivity index (χ0n) is 19.7. The van der Waals surface area contributed by atoms with Crippen LogP contribution in [0, 0.1) is 10.1 Å². The number of hydrogen-bond acceptors (Lipinski definition) is 7. The van der Waals surface area contributed by atoms with Gasteiger partial charge >= 0.3 is 0 Å². The maximum Gasteiger partial charge on any atom is 0.298 e. The minimum atomic E-state index is -0.460. The predicted molar refractivity (Wildman–Crippen MR) is 144 cm³/mol. The molecule has 1 aliphatic rings. The average molecular weight is 537 g/mol. The fourth-order valence-corrected chi connectivity index (χ4v) is 4.74. The zero-order valence-corrected chi connectivity index (χ0v) is 21.3. The lowest BCUT2D eigenvalue weighted by Gasteiger charge is -2.16. The van der Waals surface area contributed by atoms with Crippen LogP contribution in [0.4, 0.5) is 16.2 Å². The number of halogens is 1. The van der Waals surface area contributed by atoms with Crippen molar-refractivity contribution in [2.45, 2.75) is 13.0 Å². The molecule has 1 heterocycles. The van der Waals surface area contributed by atoms with Gasteiger partial charge in [-0.05, 0) is 77.9 Å². The Hall–Kier alpha value is -4.08. The van der Waals surface area contributed by atoms with Gasteiger partial charge in [-0.2, -0.15) is 0 Å². The Morgan fingerprint density at radius 1 is 1.14 bits per heavy atom. The number of carbonyl (C=O) groups excluding carboxylic acids is 2. The lowest BCUT2D eigenvalue weighted by molar-refractivity contribution is -0.384. The molecule has 0 saturated carbocycles. The second kappa shape index (κ2) is 11.3. The summed E-state index contributed by atoms with van der Waals surface area (Å²) in [6.45, 7) is 3.97. The standard InChI is InChI=1S/C27H21ClN2O6S/c1-3-5-19-12-18(14-24-26(31)29(27(32)37-24)22-7-4-6-20(28)15-22)13-23(35-2)25(19)36-16-17-8-10-21(11-9-17)30(33)34/h3-4,6-15H,1,5,16H2,2H3/b24-14+. The van der Waals surface area contributed by atoms with Gasteiger partial charge < -0.3 is 9.47 Å². The molecule has 37 heavy (non-hydrogen) atoms. The first-order valence-corrected chi connectivity index (χ1v) is 12.2. The normalized spacial score (nSPS) is 14.2. The lowest BCUT2D eigenvalue weighted by Crippen LogP contribution is -2.27. The molecule has 0 bridgehead atoms. The van der Waals surface area contributed by atoms with Crippen LogP contribution in [0.2, 0.25) is 5.02 Å². The van der Waals surface area contributed by atoms with E-state index in [4.69, 9.17) is 21.1 Å². The monoisotopic (exact) mass is 536 g/mol. The molecule has 10 heteroatoms. The molecule has 4 rings (SSSR count). The Labute approximate surface area is 222 Å². The van der Waals surface area contributed by atoms with Crippen molar-refractivity contribution >= 4 is 52.0 Å². The summed E-state index contributed by atoms with van der Waals surface area (Å²) in [6, 6.07) is 16.2. The molecule has 0 aliphatic carbocycles. The Morgan fingerprint density at radius 2 is 1.89 bits per heavy atom. The van der Waals surface area contributed by atoms with Crippen LogP contribution in [0.25, 0.3) is 6.08 Å². The summed E-state index contributed by atoms with van der Waals surface area (Å²) in [5.41, 5.74) is 2.55. The van der Waals surface area contributed by atoms with E-state index in [1.54, 1.807) is 54.6 Å². The van der Waals surface area contributed by atoms with E-state index in [0.29, 0.717) is 34.2 Å². The summed E-state index contributed by atoms with van der Waals surface area (Å²) in [5.74, 6) is 0.478. The van der Waals surface area contributed by atoms with Gasteiger partial charge in [0.05, 0.1) is 22.6 Å². The van der Waals surface area contributed by atoms with Gasteiger partial charge in [0.15, 0.2) is 11.5 Å².